The van der Waals surface area contributed by atoms with Crippen LogP contribution in [0, 0.1) is 13.8 Å². The average Bonchev–Trinajstić information content (AvgIpc) is 3.25. The average molecular weight is 411 g/mol. The molecule has 4 rings (SSSR count). The van der Waals surface area contributed by atoms with Crippen LogP contribution in [0.5, 0.6) is 0 Å². The molecule has 0 aliphatic carbocycles. The Morgan fingerprint density at radius 2 is 1.93 bits per heavy atom. The number of hydrogen-bond donors (Lipinski definition) is 0. The first-order chi connectivity index (χ1) is 13.5. The molecule has 0 fully saturated rings. The Bertz CT molecular complexity index is 1120. The van der Waals surface area contributed by atoms with Crippen LogP contribution >= 0.6 is 23.4 Å². The Balaban J connectivity index is 1.78. The molecule has 0 aliphatic rings. The SMILES string of the molecule is Cc1ccc(-n2c(SCc3ncc(Cl)n3C)nnc2-c2ccccn2)c(C)c1. The molecule has 3 aromatic heterocycles. The highest BCUT2D eigenvalue weighted by atomic mass is 35.5. The molecular formula is C20H19ClN6S. The minimum atomic E-state index is 0.612. The zero-order valence-corrected chi connectivity index (χ0v) is 17.4. The third kappa shape index (κ3) is 3.55. The molecule has 4 aromatic rings. The molecule has 0 saturated heterocycles. The van der Waals surface area contributed by atoms with Gasteiger partial charge in [-0.15, -0.1) is 10.2 Å². The van der Waals surface area contributed by atoms with Gasteiger partial charge in [0.05, 0.1) is 17.6 Å². The van der Waals surface area contributed by atoms with Crippen molar-refractivity contribution in [3.8, 4) is 17.2 Å². The summed E-state index contributed by atoms with van der Waals surface area (Å²) in [4.78, 5) is 8.83. The van der Waals surface area contributed by atoms with Crippen LogP contribution in [0.25, 0.3) is 17.2 Å². The normalized spacial score (nSPS) is 11.1. The van der Waals surface area contributed by atoms with Crippen LogP contribution in [0.1, 0.15) is 17.0 Å². The van der Waals surface area contributed by atoms with Gasteiger partial charge in [0.25, 0.3) is 0 Å². The Morgan fingerprint density at radius 3 is 2.61 bits per heavy atom. The van der Waals surface area contributed by atoms with Gasteiger partial charge < -0.3 is 4.57 Å². The largest absolute Gasteiger partial charge is 0.322 e. The van der Waals surface area contributed by atoms with Crippen LogP contribution in [0.3, 0.4) is 0 Å². The summed E-state index contributed by atoms with van der Waals surface area (Å²) >= 11 is 7.68. The lowest BCUT2D eigenvalue weighted by Crippen LogP contribution is -2.04. The molecular weight excluding hydrogens is 392 g/mol. The highest BCUT2D eigenvalue weighted by Crippen LogP contribution is 2.30. The Kier molecular flexibility index (Phi) is 5.19. The Labute approximate surface area is 172 Å². The number of benzene rings is 1. The molecule has 6 nitrogen and oxygen atoms in total. The molecule has 0 unspecified atom stereocenters. The van der Waals surface area contributed by atoms with Crippen LogP contribution in [-0.2, 0) is 12.8 Å². The molecule has 0 saturated carbocycles. The number of aryl methyl sites for hydroxylation is 2. The molecule has 0 spiro atoms. The molecule has 0 atom stereocenters. The van der Waals surface area contributed by atoms with Crippen molar-refractivity contribution < 1.29 is 0 Å². The number of thioether (sulfide) groups is 1. The number of aromatic nitrogens is 6. The monoisotopic (exact) mass is 410 g/mol. The smallest absolute Gasteiger partial charge is 0.196 e. The quantitative estimate of drug-likeness (QED) is 0.449. The second-order valence-corrected chi connectivity index (χ2v) is 7.82. The maximum atomic E-state index is 6.11. The van der Waals surface area contributed by atoms with E-state index in [-0.39, 0.29) is 0 Å². The van der Waals surface area contributed by atoms with Crippen molar-refractivity contribution in [2.75, 3.05) is 0 Å². The number of rotatable bonds is 5. The third-order valence-corrected chi connectivity index (χ3v) is 5.75. The van der Waals surface area contributed by atoms with Crippen molar-refractivity contribution in [3.05, 3.63) is 70.9 Å². The number of halogens is 1. The molecule has 0 N–H and O–H groups in total. The lowest BCUT2D eigenvalue weighted by molar-refractivity contribution is 0.841. The molecule has 142 valence electrons. The first-order valence-electron chi connectivity index (χ1n) is 8.78. The summed E-state index contributed by atoms with van der Waals surface area (Å²) in [6.45, 7) is 4.18. The molecule has 0 amide bonds. The predicted octanol–water partition coefficient (Wildman–Crippen LogP) is 4.63. The summed E-state index contributed by atoms with van der Waals surface area (Å²) in [6, 6.07) is 12.1. The molecule has 3 heterocycles. The molecule has 0 radical (unpaired) electrons. The van der Waals surface area contributed by atoms with Crippen molar-refractivity contribution in [3.63, 3.8) is 0 Å². The van der Waals surface area contributed by atoms with E-state index in [0.717, 1.165) is 27.9 Å². The van der Waals surface area contributed by atoms with Gasteiger partial charge in [0.15, 0.2) is 11.0 Å². The predicted molar refractivity (Wildman–Crippen MR) is 112 cm³/mol. The van der Waals surface area contributed by atoms with Crippen molar-refractivity contribution in [1.82, 2.24) is 29.3 Å². The fourth-order valence-corrected chi connectivity index (χ4v) is 4.07. The number of imidazole rings is 1. The maximum Gasteiger partial charge on any atom is 0.196 e. The zero-order valence-electron chi connectivity index (χ0n) is 15.8. The van der Waals surface area contributed by atoms with E-state index in [0.29, 0.717) is 16.7 Å². The maximum absolute atomic E-state index is 6.11. The molecule has 0 aliphatic heterocycles. The van der Waals surface area contributed by atoms with E-state index in [1.165, 1.54) is 5.56 Å². The number of hydrogen-bond acceptors (Lipinski definition) is 5. The summed E-state index contributed by atoms with van der Waals surface area (Å²) in [6.07, 6.45) is 3.42. The van der Waals surface area contributed by atoms with Crippen LogP contribution in [0.15, 0.2) is 53.9 Å². The fourth-order valence-electron chi connectivity index (χ4n) is 2.99. The molecule has 8 heteroatoms. The minimum absolute atomic E-state index is 0.612. The Morgan fingerprint density at radius 1 is 1.07 bits per heavy atom. The van der Waals surface area contributed by atoms with Crippen LogP contribution in [0.2, 0.25) is 5.15 Å². The topological polar surface area (TPSA) is 61.4 Å². The highest BCUT2D eigenvalue weighted by Gasteiger charge is 2.19. The Hall–Kier alpha value is -2.64. The van der Waals surface area contributed by atoms with Gasteiger partial charge in [-0.25, -0.2) is 4.98 Å². The van der Waals surface area contributed by atoms with Gasteiger partial charge in [-0.2, -0.15) is 0 Å². The van der Waals surface area contributed by atoms with Crippen molar-refractivity contribution in [1.29, 1.82) is 0 Å². The first kappa shape index (κ1) is 18.7. The lowest BCUT2D eigenvalue weighted by Gasteiger charge is -2.13. The van der Waals surface area contributed by atoms with Gasteiger partial charge in [0.2, 0.25) is 0 Å². The summed E-state index contributed by atoms with van der Waals surface area (Å²) in [5, 5.41) is 10.3. The van der Waals surface area contributed by atoms with Crippen LogP contribution < -0.4 is 0 Å². The number of pyridine rings is 1. The second kappa shape index (κ2) is 7.77. The van der Waals surface area contributed by atoms with E-state index >= 15 is 0 Å². The van der Waals surface area contributed by atoms with Crippen LogP contribution in [-0.4, -0.2) is 29.3 Å². The summed E-state index contributed by atoms with van der Waals surface area (Å²) in [5.41, 5.74) is 4.18. The van der Waals surface area contributed by atoms with Crippen molar-refractivity contribution in [2.45, 2.75) is 24.8 Å². The number of nitrogens with zero attached hydrogens (tertiary/aromatic N) is 6. The van der Waals surface area contributed by atoms with E-state index < -0.39 is 0 Å². The summed E-state index contributed by atoms with van der Waals surface area (Å²) in [5.74, 6) is 2.23. The highest BCUT2D eigenvalue weighted by molar-refractivity contribution is 7.98. The van der Waals surface area contributed by atoms with E-state index in [2.05, 4.69) is 56.8 Å². The summed E-state index contributed by atoms with van der Waals surface area (Å²) in [7, 11) is 1.90. The van der Waals surface area contributed by atoms with Gasteiger partial charge in [-0.1, -0.05) is 47.1 Å². The fraction of sp³-hybridized carbons (Fsp3) is 0.200. The van der Waals surface area contributed by atoms with Gasteiger partial charge in [0, 0.05) is 13.2 Å². The van der Waals surface area contributed by atoms with E-state index in [1.54, 1.807) is 24.2 Å². The zero-order chi connectivity index (χ0) is 19.7. The van der Waals surface area contributed by atoms with Gasteiger partial charge in [0.1, 0.15) is 16.7 Å². The van der Waals surface area contributed by atoms with Gasteiger partial charge in [-0.05, 0) is 37.6 Å². The van der Waals surface area contributed by atoms with E-state index in [1.807, 2.05) is 29.8 Å². The third-order valence-electron chi connectivity index (χ3n) is 4.48. The summed E-state index contributed by atoms with van der Waals surface area (Å²) < 4.78 is 3.93. The minimum Gasteiger partial charge on any atom is -0.322 e. The van der Waals surface area contributed by atoms with E-state index in [9.17, 15) is 0 Å². The van der Waals surface area contributed by atoms with Crippen molar-refractivity contribution >= 4 is 23.4 Å². The van der Waals surface area contributed by atoms with E-state index in [4.69, 9.17) is 11.6 Å². The first-order valence-corrected chi connectivity index (χ1v) is 10.1. The van der Waals surface area contributed by atoms with Gasteiger partial charge in [-0.3, -0.25) is 9.55 Å². The molecule has 0 bridgehead atoms. The molecule has 1 aromatic carbocycles. The van der Waals surface area contributed by atoms with Crippen molar-refractivity contribution in [2.24, 2.45) is 7.05 Å². The second-order valence-electron chi connectivity index (χ2n) is 6.49. The van der Waals surface area contributed by atoms with Crippen LogP contribution in [0.4, 0.5) is 0 Å². The van der Waals surface area contributed by atoms with Gasteiger partial charge >= 0.3 is 0 Å². The lowest BCUT2D eigenvalue weighted by atomic mass is 10.1. The molecule has 28 heavy (non-hydrogen) atoms. The standard InChI is InChI=1S/C20H19ClN6S/c1-13-7-8-16(14(2)10-13)27-19(15-6-4-5-9-22-15)24-25-20(27)28-12-18-23-11-17(21)26(18)3/h4-11H,12H2,1-3H3.